The molecule has 0 heterocycles. The van der Waals surface area contributed by atoms with Crippen LogP contribution in [0.15, 0.2) is 30.3 Å². The normalized spacial score (nSPS) is 10.3. The second-order valence-corrected chi connectivity index (χ2v) is 4.80. The number of phenolic OH excluding ortho intramolecular Hbond substituents is 2. The summed E-state index contributed by atoms with van der Waals surface area (Å²) in [5.41, 5.74) is 1.80. The van der Waals surface area contributed by atoms with Crippen molar-refractivity contribution in [1.29, 1.82) is 0 Å². The van der Waals surface area contributed by atoms with Gasteiger partial charge in [-0.05, 0) is 50.1 Å². The molecule has 2 aromatic rings. The number of benzene rings is 2. The molecule has 0 aliphatic heterocycles. The molecular weight excluding hydrogens is 256 g/mol. The molecule has 0 amide bonds. The minimum Gasteiger partial charge on any atom is -0.508 e. The molecule has 4 heteroatoms. The van der Waals surface area contributed by atoms with Gasteiger partial charge in [-0.2, -0.15) is 0 Å². The monoisotopic (exact) mass is 272 g/mol. The molecule has 2 N–H and O–H groups in total. The molecule has 2 aromatic carbocycles. The molecule has 0 saturated heterocycles. The molecular formula is C16H16O4. The van der Waals surface area contributed by atoms with Crippen molar-refractivity contribution in [3.63, 3.8) is 0 Å². The average molecular weight is 272 g/mol. The van der Waals surface area contributed by atoms with E-state index in [1.807, 2.05) is 6.92 Å². The van der Waals surface area contributed by atoms with E-state index in [2.05, 4.69) is 0 Å². The van der Waals surface area contributed by atoms with Crippen molar-refractivity contribution in [3.8, 4) is 23.0 Å². The zero-order valence-electron chi connectivity index (χ0n) is 11.6. The lowest BCUT2D eigenvalue weighted by Crippen LogP contribution is -1.97. The van der Waals surface area contributed by atoms with Gasteiger partial charge in [-0.3, -0.25) is 4.79 Å². The van der Waals surface area contributed by atoms with Crippen molar-refractivity contribution < 1.29 is 19.7 Å². The average Bonchev–Trinajstić information content (AvgIpc) is 2.25. The molecule has 0 unspecified atom stereocenters. The third kappa shape index (κ3) is 2.91. The zero-order valence-corrected chi connectivity index (χ0v) is 11.6. The second kappa shape index (κ2) is 5.25. The molecule has 0 aromatic heterocycles. The van der Waals surface area contributed by atoms with Gasteiger partial charge in [-0.15, -0.1) is 0 Å². The fraction of sp³-hybridized carbons (Fsp3) is 0.188. The fourth-order valence-electron chi connectivity index (χ4n) is 2.18. The highest BCUT2D eigenvalue weighted by Crippen LogP contribution is 2.32. The van der Waals surface area contributed by atoms with Crippen LogP contribution >= 0.6 is 0 Å². The van der Waals surface area contributed by atoms with Crippen LogP contribution < -0.4 is 4.74 Å². The van der Waals surface area contributed by atoms with Gasteiger partial charge >= 0.3 is 0 Å². The first-order valence-corrected chi connectivity index (χ1v) is 6.20. The topological polar surface area (TPSA) is 66.8 Å². The minimum atomic E-state index is -0.195. The number of ether oxygens (including phenoxy) is 1. The smallest absolute Gasteiger partial charge is 0.163 e. The van der Waals surface area contributed by atoms with Gasteiger partial charge in [0.1, 0.15) is 23.0 Å². The molecule has 0 aliphatic carbocycles. The van der Waals surface area contributed by atoms with Crippen LogP contribution in [0.3, 0.4) is 0 Å². The fourth-order valence-corrected chi connectivity index (χ4v) is 2.18. The van der Waals surface area contributed by atoms with Gasteiger partial charge in [0, 0.05) is 12.1 Å². The Balaban J connectivity index is 2.37. The van der Waals surface area contributed by atoms with Crippen LogP contribution in [0.5, 0.6) is 23.0 Å². The van der Waals surface area contributed by atoms with Crippen molar-refractivity contribution in [3.05, 3.63) is 47.0 Å². The maximum atomic E-state index is 11.4. The number of ketones is 1. The van der Waals surface area contributed by atoms with Gasteiger partial charge in [-0.25, -0.2) is 0 Å². The summed E-state index contributed by atoms with van der Waals surface area (Å²) >= 11 is 0. The van der Waals surface area contributed by atoms with Crippen LogP contribution in [-0.2, 0) is 0 Å². The van der Waals surface area contributed by atoms with Gasteiger partial charge in [0.2, 0.25) is 0 Å². The number of rotatable bonds is 3. The van der Waals surface area contributed by atoms with Crippen LogP contribution in [0.2, 0.25) is 0 Å². The van der Waals surface area contributed by atoms with E-state index >= 15 is 0 Å². The summed E-state index contributed by atoms with van der Waals surface area (Å²) < 4.78 is 5.61. The maximum Gasteiger partial charge on any atom is 0.163 e. The Hall–Kier alpha value is -2.49. The highest BCUT2D eigenvalue weighted by atomic mass is 16.5. The first-order chi connectivity index (χ1) is 9.36. The van der Waals surface area contributed by atoms with E-state index in [1.165, 1.54) is 19.1 Å². The Morgan fingerprint density at radius 3 is 2.20 bits per heavy atom. The third-order valence-electron chi connectivity index (χ3n) is 2.91. The Morgan fingerprint density at radius 1 is 1.00 bits per heavy atom. The maximum absolute atomic E-state index is 11.4. The highest BCUT2D eigenvalue weighted by molar-refractivity contribution is 5.98. The lowest BCUT2D eigenvalue weighted by Gasteiger charge is -2.11. The molecule has 0 bridgehead atoms. The summed E-state index contributed by atoms with van der Waals surface area (Å²) in [6.45, 7) is 4.98. The van der Waals surface area contributed by atoms with E-state index in [0.29, 0.717) is 22.6 Å². The highest BCUT2D eigenvalue weighted by Gasteiger charge is 2.12. The van der Waals surface area contributed by atoms with Crippen LogP contribution in [0.1, 0.15) is 28.4 Å². The number of Topliss-reactive ketones (excluding diaryl/α,β-unsaturated/α-hetero) is 1. The first kappa shape index (κ1) is 13.9. The van der Waals surface area contributed by atoms with E-state index in [0.717, 1.165) is 5.56 Å². The number of hydrogen-bond acceptors (Lipinski definition) is 4. The van der Waals surface area contributed by atoms with Crippen molar-refractivity contribution in [1.82, 2.24) is 0 Å². The third-order valence-corrected chi connectivity index (χ3v) is 2.91. The van der Waals surface area contributed by atoms with E-state index < -0.39 is 0 Å². The molecule has 0 fully saturated rings. The summed E-state index contributed by atoms with van der Waals surface area (Å²) in [5, 5.41) is 19.4. The van der Waals surface area contributed by atoms with E-state index in [-0.39, 0.29) is 17.3 Å². The molecule has 0 saturated carbocycles. The van der Waals surface area contributed by atoms with Crippen molar-refractivity contribution >= 4 is 5.78 Å². The number of carbonyl (C=O) groups excluding carboxylic acids is 1. The summed E-state index contributed by atoms with van der Waals surface area (Å²) in [6, 6.07) is 7.94. The Morgan fingerprint density at radius 2 is 1.65 bits per heavy atom. The Bertz CT molecular complexity index is 631. The Kier molecular flexibility index (Phi) is 3.66. The lowest BCUT2D eigenvalue weighted by atomic mass is 10.0. The quantitative estimate of drug-likeness (QED) is 0.836. The standard InChI is InChI=1S/C16H16O4/c1-9-4-12(18)7-13(5-9)20-14-6-10(2)16(11(3)17)15(19)8-14/h4-8,18-19H,1-3H3. The van der Waals surface area contributed by atoms with Crippen LogP contribution in [0, 0.1) is 13.8 Å². The minimum absolute atomic E-state index is 0.107. The predicted octanol–water partition coefficient (Wildman–Crippen LogP) is 3.71. The van der Waals surface area contributed by atoms with Gasteiger partial charge in [0.25, 0.3) is 0 Å². The van der Waals surface area contributed by atoms with E-state index in [9.17, 15) is 15.0 Å². The molecule has 0 aliphatic rings. The van der Waals surface area contributed by atoms with Crippen molar-refractivity contribution in [2.45, 2.75) is 20.8 Å². The van der Waals surface area contributed by atoms with Gasteiger partial charge in [0.05, 0.1) is 5.56 Å². The molecule has 0 radical (unpaired) electrons. The summed E-state index contributed by atoms with van der Waals surface area (Å²) in [5.74, 6) is 0.692. The summed E-state index contributed by atoms with van der Waals surface area (Å²) in [6.07, 6.45) is 0. The largest absolute Gasteiger partial charge is 0.508 e. The number of aryl methyl sites for hydroxylation is 2. The van der Waals surface area contributed by atoms with E-state index in [1.54, 1.807) is 25.1 Å². The van der Waals surface area contributed by atoms with Crippen LogP contribution in [0.4, 0.5) is 0 Å². The Labute approximate surface area is 117 Å². The summed E-state index contributed by atoms with van der Waals surface area (Å²) in [4.78, 5) is 11.4. The molecule has 0 atom stereocenters. The van der Waals surface area contributed by atoms with Gasteiger partial charge < -0.3 is 14.9 Å². The molecule has 4 nitrogen and oxygen atoms in total. The van der Waals surface area contributed by atoms with Crippen molar-refractivity contribution in [2.24, 2.45) is 0 Å². The molecule has 0 spiro atoms. The second-order valence-electron chi connectivity index (χ2n) is 4.80. The van der Waals surface area contributed by atoms with Crippen LogP contribution in [0.25, 0.3) is 0 Å². The van der Waals surface area contributed by atoms with Gasteiger partial charge in [0.15, 0.2) is 5.78 Å². The number of phenols is 2. The molecule has 2 rings (SSSR count). The number of carbonyl (C=O) groups is 1. The SMILES string of the molecule is CC(=O)c1c(C)cc(Oc2cc(C)cc(O)c2)cc1O. The van der Waals surface area contributed by atoms with Crippen LogP contribution in [-0.4, -0.2) is 16.0 Å². The first-order valence-electron chi connectivity index (χ1n) is 6.20. The zero-order chi connectivity index (χ0) is 14.9. The van der Waals surface area contributed by atoms with Gasteiger partial charge in [-0.1, -0.05) is 0 Å². The number of aromatic hydroxyl groups is 2. The molecule has 20 heavy (non-hydrogen) atoms. The predicted molar refractivity (Wildman–Crippen MR) is 75.8 cm³/mol. The molecule has 104 valence electrons. The van der Waals surface area contributed by atoms with E-state index in [4.69, 9.17) is 4.74 Å². The van der Waals surface area contributed by atoms with Crippen molar-refractivity contribution in [2.75, 3.05) is 0 Å². The summed E-state index contributed by atoms with van der Waals surface area (Å²) in [7, 11) is 0. The lowest BCUT2D eigenvalue weighted by molar-refractivity contribution is 0.101. The number of hydrogen-bond donors (Lipinski definition) is 2.